The highest BCUT2D eigenvalue weighted by Crippen LogP contribution is 2.27. The Morgan fingerprint density at radius 2 is 2.21 bits per heavy atom. The molecule has 0 spiro atoms. The topological polar surface area (TPSA) is 56.0 Å². The summed E-state index contributed by atoms with van der Waals surface area (Å²) in [7, 11) is 0. The fourth-order valence-electron chi connectivity index (χ4n) is 2.57. The fourth-order valence-corrected chi connectivity index (χ4v) is 3.39. The summed E-state index contributed by atoms with van der Waals surface area (Å²) in [5, 5.41) is 8.02. The van der Waals surface area contributed by atoms with E-state index >= 15 is 0 Å². The van der Waals surface area contributed by atoms with Crippen molar-refractivity contribution in [2.75, 3.05) is 0 Å². The van der Waals surface area contributed by atoms with Crippen LogP contribution in [0, 0.1) is 12.8 Å². The number of aromatic nitrogens is 2. The molecule has 19 heavy (non-hydrogen) atoms. The summed E-state index contributed by atoms with van der Waals surface area (Å²) in [6, 6.07) is 0. The Morgan fingerprint density at radius 1 is 1.42 bits per heavy atom. The molecule has 2 aromatic heterocycles. The van der Waals surface area contributed by atoms with Gasteiger partial charge in [0.25, 0.3) is 0 Å². The Hall–Kier alpha value is -1.49. The predicted molar refractivity (Wildman–Crippen MR) is 73.0 cm³/mol. The first kappa shape index (κ1) is 12.5. The van der Waals surface area contributed by atoms with E-state index < -0.39 is 0 Å². The predicted octanol–water partition coefficient (Wildman–Crippen LogP) is 3.41. The molecule has 4 nitrogen and oxygen atoms in total. The van der Waals surface area contributed by atoms with Gasteiger partial charge in [0.2, 0.25) is 11.7 Å². The van der Waals surface area contributed by atoms with Crippen LogP contribution >= 0.6 is 11.3 Å². The van der Waals surface area contributed by atoms with Crippen molar-refractivity contribution in [2.24, 2.45) is 5.92 Å². The Bertz CT molecular complexity index is 582. The zero-order chi connectivity index (χ0) is 13.2. The van der Waals surface area contributed by atoms with E-state index in [2.05, 4.69) is 15.5 Å². The molecule has 0 bridgehead atoms. The molecule has 1 aliphatic carbocycles. The average Bonchev–Trinajstić information content (AvgIpc) is 3.08. The molecule has 0 aromatic carbocycles. The van der Waals surface area contributed by atoms with Gasteiger partial charge >= 0.3 is 0 Å². The maximum Gasteiger partial charge on any atom is 0.234 e. The van der Waals surface area contributed by atoms with Crippen LogP contribution in [0.3, 0.4) is 0 Å². The zero-order valence-electron chi connectivity index (χ0n) is 10.9. The number of nitrogens with zero attached hydrogens (tertiary/aromatic N) is 2. The maximum absolute atomic E-state index is 12.1. The van der Waals surface area contributed by atoms with E-state index in [0.717, 1.165) is 24.0 Å². The highest BCUT2D eigenvalue weighted by Gasteiger charge is 2.24. The fraction of sp³-hybridized carbons (Fsp3) is 0.500. The van der Waals surface area contributed by atoms with E-state index in [-0.39, 0.29) is 18.1 Å². The molecule has 0 aliphatic heterocycles. The van der Waals surface area contributed by atoms with Crippen molar-refractivity contribution in [3.8, 4) is 11.4 Å². The summed E-state index contributed by atoms with van der Waals surface area (Å²) in [5.41, 5.74) is 2.13. The first-order chi connectivity index (χ1) is 9.24. The van der Waals surface area contributed by atoms with Crippen LogP contribution in [0.5, 0.6) is 0 Å². The molecule has 1 aliphatic rings. The van der Waals surface area contributed by atoms with Gasteiger partial charge in [0, 0.05) is 16.9 Å². The second-order valence-electron chi connectivity index (χ2n) is 5.10. The monoisotopic (exact) mass is 276 g/mol. The molecule has 3 rings (SSSR count). The summed E-state index contributed by atoms with van der Waals surface area (Å²) in [6.07, 6.45) is 4.65. The van der Waals surface area contributed by atoms with Crippen LogP contribution in [-0.4, -0.2) is 15.9 Å². The molecule has 1 saturated carbocycles. The summed E-state index contributed by atoms with van der Waals surface area (Å²) >= 11 is 1.62. The van der Waals surface area contributed by atoms with Gasteiger partial charge in [-0.2, -0.15) is 16.3 Å². The van der Waals surface area contributed by atoms with E-state index in [1.165, 1.54) is 12.8 Å². The first-order valence-corrected chi connectivity index (χ1v) is 7.57. The van der Waals surface area contributed by atoms with Crippen molar-refractivity contribution in [2.45, 2.75) is 39.0 Å². The van der Waals surface area contributed by atoms with Gasteiger partial charge in [-0.1, -0.05) is 18.0 Å². The second-order valence-corrected chi connectivity index (χ2v) is 5.85. The van der Waals surface area contributed by atoms with Gasteiger partial charge in [-0.3, -0.25) is 4.79 Å². The van der Waals surface area contributed by atoms with Gasteiger partial charge in [0.1, 0.15) is 5.78 Å². The van der Waals surface area contributed by atoms with E-state index in [4.69, 9.17) is 4.52 Å². The number of ketones is 1. The largest absolute Gasteiger partial charge is 0.338 e. The van der Waals surface area contributed by atoms with Crippen LogP contribution in [0.25, 0.3) is 11.4 Å². The van der Waals surface area contributed by atoms with Gasteiger partial charge in [0.15, 0.2) is 0 Å². The number of aryl methyl sites for hydroxylation is 1. The number of carbonyl (C=O) groups is 1. The SMILES string of the molecule is Cc1cscc1-c1noc(CC(=O)C2CCCC2)n1. The van der Waals surface area contributed by atoms with Crippen LogP contribution in [0.1, 0.15) is 37.1 Å². The van der Waals surface area contributed by atoms with Crippen LogP contribution in [0.4, 0.5) is 0 Å². The number of rotatable bonds is 4. The lowest BCUT2D eigenvalue weighted by Crippen LogP contribution is -2.13. The number of hydrogen-bond acceptors (Lipinski definition) is 5. The van der Waals surface area contributed by atoms with Gasteiger partial charge < -0.3 is 4.52 Å². The van der Waals surface area contributed by atoms with E-state index in [9.17, 15) is 4.79 Å². The zero-order valence-corrected chi connectivity index (χ0v) is 11.7. The molecule has 0 saturated heterocycles. The minimum atomic E-state index is 0.207. The minimum absolute atomic E-state index is 0.207. The van der Waals surface area contributed by atoms with Crippen LogP contribution < -0.4 is 0 Å². The molecule has 100 valence electrons. The molecular formula is C14H16N2O2S. The van der Waals surface area contributed by atoms with Crippen LogP contribution in [0.15, 0.2) is 15.3 Å². The summed E-state index contributed by atoms with van der Waals surface area (Å²) < 4.78 is 5.20. The Kier molecular flexibility index (Phi) is 3.46. The molecule has 2 heterocycles. The lowest BCUT2D eigenvalue weighted by molar-refractivity contribution is -0.122. The number of thiophene rings is 1. The molecule has 2 aromatic rings. The Labute approximate surface area is 115 Å². The van der Waals surface area contributed by atoms with Crippen molar-refractivity contribution in [3.05, 3.63) is 22.2 Å². The lowest BCUT2D eigenvalue weighted by Gasteiger charge is -2.04. The quantitative estimate of drug-likeness (QED) is 0.858. The van der Waals surface area contributed by atoms with Crippen molar-refractivity contribution in [1.29, 1.82) is 0 Å². The number of carbonyl (C=O) groups excluding carboxylic acids is 1. The standard InChI is InChI=1S/C14H16N2O2S/c1-9-7-19-8-11(9)14-15-13(18-16-14)6-12(17)10-4-2-3-5-10/h7-8,10H,2-6H2,1H3. The van der Waals surface area contributed by atoms with E-state index in [0.29, 0.717) is 11.7 Å². The molecule has 5 heteroatoms. The summed E-state index contributed by atoms with van der Waals surface area (Å²) in [4.78, 5) is 16.4. The normalized spacial score (nSPS) is 16.1. The van der Waals surface area contributed by atoms with Crippen molar-refractivity contribution in [3.63, 3.8) is 0 Å². The third-order valence-electron chi connectivity index (χ3n) is 3.70. The van der Waals surface area contributed by atoms with Gasteiger partial charge in [-0.15, -0.1) is 0 Å². The van der Waals surface area contributed by atoms with E-state index in [1.807, 2.05) is 12.3 Å². The highest BCUT2D eigenvalue weighted by molar-refractivity contribution is 7.08. The van der Waals surface area contributed by atoms with Crippen LogP contribution in [0.2, 0.25) is 0 Å². The average molecular weight is 276 g/mol. The lowest BCUT2D eigenvalue weighted by atomic mass is 10.0. The van der Waals surface area contributed by atoms with Gasteiger partial charge in [-0.25, -0.2) is 0 Å². The van der Waals surface area contributed by atoms with E-state index in [1.54, 1.807) is 11.3 Å². The summed E-state index contributed by atoms with van der Waals surface area (Å²) in [6.45, 7) is 2.02. The molecule has 0 unspecified atom stereocenters. The number of hydrogen-bond donors (Lipinski definition) is 0. The third kappa shape index (κ3) is 2.61. The molecule has 1 fully saturated rings. The highest BCUT2D eigenvalue weighted by atomic mass is 32.1. The third-order valence-corrected chi connectivity index (χ3v) is 4.56. The molecule has 0 atom stereocenters. The van der Waals surface area contributed by atoms with Crippen molar-refractivity contribution >= 4 is 17.1 Å². The minimum Gasteiger partial charge on any atom is -0.338 e. The molecule has 0 N–H and O–H groups in total. The smallest absolute Gasteiger partial charge is 0.234 e. The molecule has 0 amide bonds. The first-order valence-electron chi connectivity index (χ1n) is 6.62. The molecular weight excluding hydrogens is 260 g/mol. The Balaban J connectivity index is 1.71. The number of Topliss-reactive ketones (excluding diaryl/α,β-unsaturated/α-hetero) is 1. The second kappa shape index (κ2) is 5.25. The van der Waals surface area contributed by atoms with Crippen LogP contribution in [-0.2, 0) is 11.2 Å². The maximum atomic E-state index is 12.1. The Morgan fingerprint density at radius 3 is 2.89 bits per heavy atom. The van der Waals surface area contributed by atoms with Crippen molar-refractivity contribution < 1.29 is 9.32 Å². The van der Waals surface area contributed by atoms with Gasteiger partial charge in [0.05, 0.1) is 6.42 Å². The van der Waals surface area contributed by atoms with Gasteiger partial charge in [-0.05, 0) is 30.7 Å². The molecule has 0 radical (unpaired) electrons. The van der Waals surface area contributed by atoms with Crippen molar-refractivity contribution in [1.82, 2.24) is 10.1 Å². The summed E-state index contributed by atoms with van der Waals surface area (Å²) in [5.74, 6) is 1.48.